The van der Waals surface area contributed by atoms with Crippen molar-refractivity contribution >= 4 is 33.3 Å². The average Bonchev–Trinajstić information content (AvgIpc) is 2.35. The van der Waals surface area contributed by atoms with E-state index in [1.807, 2.05) is 0 Å². The Morgan fingerprint density at radius 3 is 2.67 bits per heavy atom. The average molecular weight is 327 g/mol. The van der Waals surface area contributed by atoms with Crippen LogP contribution in [0.25, 0.3) is 0 Å². The molecule has 0 aliphatic heterocycles. The first-order chi connectivity index (χ1) is 8.59. The summed E-state index contributed by atoms with van der Waals surface area (Å²) >= 11 is 9.07. The molecule has 0 spiro atoms. The van der Waals surface area contributed by atoms with Gasteiger partial charge >= 0.3 is 0 Å². The van der Waals surface area contributed by atoms with Crippen LogP contribution in [0.15, 0.2) is 51.9 Å². The fraction of sp³-hybridized carbons (Fsp3) is 0.0769. The Kier molecular flexibility index (Phi) is 3.99. The second-order valence-electron chi connectivity index (χ2n) is 3.69. The zero-order chi connectivity index (χ0) is 13.1. The topological polar surface area (TPSA) is 39.1 Å². The van der Waals surface area contributed by atoms with Gasteiger partial charge < -0.3 is 4.57 Å². The van der Waals surface area contributed by atoms with Crippen LogP contribution in [0.4, 0.5) is 0 Å². The number of pyridine rings is 1. The summed E-state index contributed by atoms with van der Waals surface area (Å²) in [6, 6.07) is 10.1. The molecule has 1 aromatic carbocycles. The maximum Gasteiger partial charge on any atom is 0.265 e. The van der Waals surface area contributed by atoms with E-state index < -0.39 is 0 Å². The van der Waals surface area contributed by atoms with Crippen molar-refractivity contribution in [2.75, 3.05) is 0 Å². The minimum Gasteiger partial charge on any atom is -0.307 e. The van der Waals surface area contributed by atoms with E-state index in [2.05, 4.69) is 15.9 Å². The third-order valence-electron chi connectivity index (χ3n) is 2.46. The third-order valence-corrected chi connectivity index (χ3v) is 3.40. The Morgan fingerprint density at radius 2 is 1.94 bits per heavy atom. The summed E-state index contributed by atoms with van der Waals surface area (Å²) in [5.74, 6) is -0.194. The molecule has 2 aromatic rings. The van der Waals surface area contributed by atoms with E-state index in [1.54, 1.807) is 42.6 Å². The first-order valence-corrected chi connectivity index (χ1v) is 6.39. The van der Waals surface area contributed by atoms with Crippen LogP contribution in [-0.4, -0.2) is 10.4 Å². The number of halogens is 2. The number of hydrogen-bond acceptors (Lipinski definition) is 2. The predicted molar refractivity (Wildman–Crippen MR) is 74.2 cm³/mol. The Hall–Kier alpha value is -1.39. The van der Waals surface area contributed by atoms with Gasteiger partial charge in [-0.1, -0.05) is 23.7 Å². The number of carbonyl (C=O) groups is 1. The number of aromatic nitrogens is 1. The van der Waals surface area contributed by atoms with Crippen molar-refractivity contribution < 1.29 is 4.79 Å². The molecule has 0 aliphatic carbocycles. The highest BCUT2D eigenvalue weighted by atomic mass is 79.9. The number of ketones is 1. The summed E-state index contributed by atoms with van der Waals surface area (Å²) in [5, 5.41) is 0.394. The first kappa shape index (κ1) is 13.1. The lowest BCUT2D eigenvalue weighted by Gasteiger charge is -2.06. The van der Waals surface area contributed by atoms with Crippen LogP contribution < -0.4 is 5.56 Å². The quantitative estimate of drug-likeness (QED) is 0.813. The van der Waals surface area contributed by atoms with Crippen molar-refractivity contribution in [3.63, 3.8) is 0 Å². The Balaban J connectivity index is 2.30. The van der Waals surface area contributed by atoms with Gasteiger partial charge in [0.05, 0.1) is 16.0 Å². The van der Waals surface area contributed by atoms with Gasteiger partial charge in [0.1, 0.15) is 0 Å². The highest BCUT2D eigenvalue weighted by Crippen LogP contribution is 2.16. The van der Waals surface area contributed by atoms with Crippen LogP contribution in [0.2, 0.25) is 5.02 Å². The monoisotopic (exact) mass is 325 g/mol. The van der Waals surface area contributed by atoms with Gasteiger partial charge in [-0.05, 0) is 40.2 Å². The molecule has 0 saturated heterocycles. The lowest BCUT2D eigenvalue weighted by Crippen LogP contribution is -2.24. The molecule has 0 N–H and O–H groups in total. The highest BCUT2D eigenvalue weighted by molar-refractivity contribution is 9.10. The summed E-state index contributed by atoms with van der Waals surface area (Å²) in [4.78, 5) is 23.8. The fourth-order valence-corrected chi connectivity index (χ4v) is 2.18. The minimum atomic E-state index is -0.238. The Morgan fingerprint density at radius 1 is 1.22 bits per heavy atom. The van der Waals surface area contributed by atoms with Gasteiger partial charge in [-0.15, -0.1) is 0 Å². The van der Waals surface area contributed by atoms with Crippen LogP contribution in [0.5, 0.6) is 0 Å². The summed E-state index contributed by atoms with van der Waals surface area (Å²) in [7, 11) is 0. The van der Waals surface area contributed by atoms with Crippen molar-refractivity contribution in [1.29, 1.82) is 0 Å². The molecule has 0 saturated carbocycles. The second-order valence-corrected chi connectivity index (χ2v) is 4.95. The zero-order valence-electron chi connectivity index (χ0n) is 9.27. The van der Waals surface area contributed by atoms with Gasteiger partial charge in [-0.3, -0.25) is 9.59 Å². The molecule has 1 aromatic heterocycles. The van der Waals surface area contributed by atoms with E-state index in [0.717, 1.165) is 0 Å². The van der Waals surface area contributed by atoms with Gasteiger partial charge in [0.15, 0.2) is 5.78 Å². The van der Waals surface area contributed by atoms with Gasteiger partial charge in [0, 0.05) is 11.8 Å². The molecule has 3 nitrogen and oxygen atoms in total. The molecule has 0 amide bonds. The third kappa shape index (κ3) is 2.71. The number of hydrogen-bond donors (Lipinski definition) is 0. The number of Topliss-reactive ketones (excluding diaryl/α,β-unsaturated/α-hetero) is 1. The maximum atomic E-state index is 12.0. The van der Waals surface area contributed by atoms with Crippen LogP contribution in [0.1, 0.15) is 10.4 Å². The molecular weight excluding hydrogens is 318 g/mol. The van der Waals surface area contributed by atoms with Crippen molar-refractivity contribution in [2.45, 2.75) is 6.54 Å². The van der Waals surface area contributed by atoms with E-state index in [4.69, 9.17) is 11.6 Å². The van der Waals surface area contributed by atoms with Crippen LogP contribution >= 0.6 is 27.5 Å². The molecule has 0 atom stereocenters. The number of rotatable bonds is 3. The van der Waals surface area contributed by atoms with E-state index >= 15 is 0 Å². The molecule has 0 fully saturated rings. The second kappa shape index (κ2) is 5.50. The van der Waals surface area contributed by atoms with Crippen LogP contribution in [0.3, 0.4) is 0 Å². The molecule has 0 aliphatic rings. The summed E-state index contributed by atoms with van der Waals surface area (Å²) in [6.07, 6.45) is 1.57. The fourth-order valence-electron chi connectivity index (χ4n) is 1.56. The van der Waals surface area contributed by atoms with Gasteiger partial charge in [0.25, 0.3) is 5.56 Å². The standard InChI is InChI=1S/C13H9BrClNO2/c14-10-5-3-7-16(13(10)18)8-12(17)9-4-1-2-6-11(9)15/h1-7H,8H2. The van der Waals surface area contributed by atoms with E-state index in [1.165, 1.54) is 4.57 Å². The van der Waals surface area contributed by atoms with Crippen molar-refractivity contribution in [2.24, 2.45) is 0 Å². The Bertz CT molecular complexity index is 651. The summed E-state index contributed by atoms with van der Waals surface area (Å²) in [6.45, 7) is -0.0258. The van der Waals surface area contributed by atoms with Crippen LogP contribution in [-0.2, 0) is 6.54 Å². The molecule has 0 radical (unpaired) electrons. The van der Waals surface area contributed by atoms with Gasteiger partial charge in [0.2, 0.25) is 0 Å². The molecule has 5 heteroatoms. The number of carbonyl (C=O) groups excluding carboxylic acids is 1. The highest BCUT2D eigenvalue weighted by Gasteiger charge is 2.11. The SMILES string of the molecule is O=C(Cn1cccc(Br)c1=O)c1ccccc1Cl. The largest absolute Gasteiger partial charge is 0.307 e. The predicted octanol–water partition coefficient (Wildman–Crippen LogP) is 3.15. The normalized spacial score (nSPS) is 10.3. The zero-order valence-corrected chi connectivity index (χ0v) is 11.6. The van der Waals surface area contributed by atoms with Crippen LogP contribution in [0, 0.1) is 0 Å². The smallest absolute Gasteiger partial charge is 0.265 e. The molecule has 92 valence electrons. The summed E-state index contributed by atoms with van der Waals surface area (Å²) in [5.41, 5.74) is 0.184. The Labute approximate surface area is 117 Å². The number of benzene rings is 1. The van der Waals surface area contributed by atoms with Gasteiger partial charge in [-0.2, -0.15) is 0 Å². The minimum absolute atomic E-state index is 0.0258. The van der Waals surface area contributed by atoms with E-state index in [9.17, 15) is 9.59 Å². The molecule has 18 heavy (non-hydrogen) atoms. The first-order valence-electron chi connectivity index (χ1n) is 5.22. The molecule has 2 rings (SSSR count). The lowest BCUT2D eigenvalue weighted by atomic mass is 10.1. The van der Waals surface area contributed by atoms with Gasteiger partial charge in [-0.25, -0.2) is 0 Å². The van der Waals surface area contributed by atoms with Crippen molar-refractivity contribution in [3.05, 3.63) is 68.0 Å². The molecule has 0 bridgehead atoms. The molecular formula is C13H9BrClNO2. The summed E-state index contributed by atoms with van der Waals surface area (Å²) < 4.78 is 1.77. The van der Waals surface area contributed by atoms with E-state index in [-0.39, 0.29) is 17.9 Å². The number of nitrogens with zero attached hydrogens (tertiary/aromatic N) is 1. The van der Waals surface area contributed by atoms with Crippen molar-refractivity contribution in [3.8, 4) is 0 Å². The lowest BCUT2D eigenvalue weighted by molar-refractivity contribution is 0.0971. The maximum absolute atomic E-state index is 12.0. The molecule has 1 heterocycles. The van der Waals surface area contributed by atoms with E-state index in [0.29, 0.717) is 15.1 Å². The van der Waals surface area contributed by atoms with Crippen molar-refractivity contribution in [1.82, 2.24) is 4.57 Å². The molecule has 0 unspecified atom stereocenters.